The fourth-order valence-electron chi connectivity index (χ4n) is 3.12. The average molecular weight is 306 g/mol. The van der Waals surface area contributed by atoms with Crippen LogP contribution in [0.4, 0.5) is 0 Å². The molecule has 2 aliphatic rings. The summed E-state index contributed by atoms with van der Waals surface area (Å²) in [7, 11) is 1.87. The van der Waals surface area contributed by atoms with Gasteiger partial charge < -0.3 is 10.2 Å². The minimum Gasteiger partial charge on any atom is -0.507 e. The number of phenols is 1. The van der Waals surface area contributed by atoms with E-state index in [0.29, 0.717) is 6.42 Å². The fourth-order valence-corrected chi connectivity index (χ4v) is 4.28. The standard InChI is InChI=1S/C15H18N2O3S/c1-17-11(6-7-12(17)15(19)20)10-8-21-14(16-10)9-4-2-3-5-13(9)18/h2-5,10-12,18H,6-8H2,1H3,(H,19,20)/t10-,11+,12+/m0/s1. The van der Waals surface area contributed by atoms with Gasteiger partial charge in [-0.05, 0) is 32.0 Å². The van der Waals surface area contributed by atoms with E-state index >= 15 is 0 Å². The molecule has 6 heteroatoms. The number of hydrogen-bond donors (Lipinski definition) is 2. The van der Waals surface area contributed by atoms with Crippen molar-refractivity contribution in [1.82, 2.24) is 4.90 Å². The second-order valence-corrected chi connectivity index (χ2v) is 6.50. The number of carboxylic acids is 1. The van der Waals surface area contributed by atoms with Crippen LogP contribution < -0.4 is 0 Å². The topological polar surface area (TPSA) is 73.1 Å². The fraction of sp³-hybridized carbons (Fsp3) is 0.467. The van der Waals surface area contributed by atoms with E-state index < -0.39 is 12.0 Å². The highest BCUT2D eigenvalue weighted by molar-refractivity contribution is 8.14. The van der Waals surface area contributed by atoms with E-state index in [1.54, 1.807) is 23.9 Å². The van der Waals surface area contributed by atoms with Crippen molar-refractivity contribution in [3.05, 3.63) is 29.8 Å². The highest BCUT2D eigenvalue weighted by Gasteiger charge is 2.40. The van der Waals surface area contributed by atoms with Crippen molar-refractivity contribution in [3.8, 4) is 5.75 Å². The highest BCUT2D eigenvalue weighted by Crippen LogP contribution is 2.34. The molecule has 0 spiro atoms. The number of carbonyl (C=O) groups is 1. The van der Waals surface area contributed by atoms with Crippen molar-refractivity contribution in [2.24, 2.45) is 4.99 Å². The minimum absolute atomic E-state index is 0.0963. The van der Waals surface area contributed by atoms with Gasteiger partial charge >= 0.3 is 5.97 Å². The van der Waals surface area contributed by atoms with Crippen molar-refractivity contribution in [1.29, 1.82) is 0 Å². The number of nitrogens with zero attached hydrogens (tertiary/aromatic N) is 2. The third kappa shape index (κ3) is 2.65. The van der Waals surface area contributed by atoms with Crippen molar-refractivity contribution in [2.45, 2.75) is 31.0 Å². The second-order valence-electron chi connectivity index (χ2n) is 5.49. The van der Waals surface area contributed by atoms with Gasteiger partial charge in [0, 0.05) is 17.4 Å². The zero-order valence-electron chi connectivity index (χ0n) is 11.8. The van der Waals surface area contributed by atoms with E-state index in [4.69, 9.17) is 4.99 Å². The number of likely N-dealkylation sites (tertiary alicyclic amines) is 1. The summed E-state index contributed by atoms with van der Waals surface area (Å²) in [6.07, 6.45) is 1.54. The third-order valence-corrected chi connectivity index (χ3v) is 5.40. The number of phenolic OH excluding ortho intramolecular Hbond substituents is 1. The summed E-state index contributed by atoms with van der Waals surface area (Å²) >= 11 is 1.63. The van der Waals surface area contributed by atoms with Crippen molar-refractivity contribution >= 4 is 22.8 Å². The summed E-state index contributed by atoms with van der Waals surface area (Å²) in [6, 6.07) is 7.06. The van der Waals surface area contributed by atoms with Crippen LogP contribution in [-0.4, -0.2) is 57.1 Å². The molecule has 0 aliphatic carbocycles. The Hall–Kier alpha value is -1.53. The minimum atomic E-state index is -0.754. The molecule has 0 amide bonds. The Balaban J connectivity index is 1.78. The van der Waals surface area contributed by atoms with E-state index in [2.05, 4.69) is 0 Å². The molecular weight excluding hydrogens is 288 g/mol. The molecule has 3 atom stereocenters. The van der Waals surface area contributed by atoms with E-state index in [1.165, 1.54) is 0 Å². The lowest BCUT2D eigenvalue weighted by Gasteiger charge is -2.26. The Morgan fingerprint density at radius 1 is 1.38 bits per heavy atom. The molecule has 0 radical (unpaired) electrons. The summed E-state index contributed by atoms with van der Waals surface area (Å²) in [4.78, 5) is 17.9. The monoisotopic (exact) mass is 306 g/mol. The molecule has 0 unspecified atom stereocenters. The first-order valence-corrected chi connectivity index (χ1v) is 8.00. The van der Waals surface area contributed by atoms with Crippen LogP contribution >= 0.6 is 11.8 Å². The number of hydrogen-bond acceptors (Lipinski definition) is 5. The lowest BCUT2D eigenvalue weighted by atomic mass is 10.1. The molecule has 1 aromatic rings. The van der Waals surface area contributed by atoms with E-state index in [-0.39, 0.29) is 17.8 Å². The predicted molar refractivity (Wildman–Crippen MR) is 83.1 cm³/mol. The second kappa shape index (κ2) is 5.69. The molecule has 0 bridgehead atoms. The van der Waals surface area contributed by atoms with E-state index in [1.807, 2.05) is 24.1 Å². The molecule has 5 nitrogen and oxygen atoms in total. The maximum Gasteiger partial charge on any atom is 0.320 e. The molecule has 1 saturated heterocycles. The molecule has 112 valence electrons. The predicted octanol–water partition coefficient (Wildman–Crippen LogP) is 1.80. The van der Waals surface area contributed by atoms with Gasteiger partial charge in [-0.25, -0.2) is 0 Å². The van der Waals surface area contributed by atoms with Gasteiger partial charge in [-0.2, -0.15) is 0 Å². The van der Waals surface area contributed by atoms with Crippen LogP contribution in [-0.2, 0) is 4.79 Å². The number of aliphatic imine (C=N–C) groups is 1. The van der Waals surface area contributed by atoms with Crippen LogP contribution in [0, 0.1) is 0 Å². The number of aromatic hydroxyl groups is 1. The van der Waals surface area contributed by atoms with Gasteiger partial charge in [0.25, 0.3) is 0 Å². The van der Waals surface area contributed by atoms with Crippen molar-refractivity contribution < 1.29 is 15.0 Å². The van der Waals surface area contributed by atoms with Gasteiger partial charge in [-0.15, -0.1) is 11.8 Å². The van der Waals surface area contributed by atoms with Crippen LogP contribution in [0.1, 0.15) is 18.4 Å². The molecule has 2 N–H and O–H groups in total. The molecule has 2 heterocycles. The molecule has 1 aromatic carbocycles. The Morgan fingerprint density at radius 2 is 2.14 bits per heavy atom. The van der Waals surface area contributed by atoms with Gasteiger partial charge in [0.15, 0.2) is 0 Å². The first kappa shape index (κ1) is 14.4. The average Bonchev–Trinajstić information content (AvgIpc) is 3.05. The van der Waals surface area contributed by atoms with Gasteiger partial charge in [-0.3, -0.25) is 14.7 Å². The Morgan fingerprint density at radius 3 is 2.81 bits per heavy atom. The van der Waals surface area contributed by atoms with Gasteiger partial charge in [0.05, 0.1) is 6.04 Å². The summed E-state index contributed by atoms with van der Waals surface area (Å²) in [5.41, 5.74) is 0.764. The summed E-state index contributed by atoms with van der Waals surface area (Å²) in [5.74, 6) is 0.327. The number of carboxylic acid groups (broad SMARTS) is 1. The van der Waals surface area contributed by atoms with Crippen LogP contribution in [0.3, 0.4) is 0 Å². The first-order chi connectivity index (χ1) is 10.1. The smallest absolute Gasteiger partial charge is 0.320 e. The number of para-hydroxylation sites is 1. The molecule has 0 aromatic heterocycles. The maximum atomic E-state index is 11.2. The molecule has 3 rings (SSSR count). The van der Waals surface area contributed by atoms with Gasteiger partial charge in [0.2, 0.25) is 0 Å². The molecule has 1 fully saturated rings. The van der Waals surface area contributed by atoms with Crippen LogP contribution in [0.25, 0.3) is 0 Å². The maximum absolute atomic E-state index is 11.2. The molecule has 21 heavy (non-hydrogen) atoms. The normalized spacial score (nSPS) is 29.6. The van der Waals surface area contributed by atoms with Crippen molar-refractivity contribution in [2.75, 3.05) is 12.8 Å². The molecule has 2 aliphatic heterocycles. The first-order valence-electron chi connectivity index (χ1n) is 7.01. The van der Waals surface area contributed by atoms with Crippen LogP contribution in [0.15, 0.2) is 29.3 Å². The molecule has 0 saturated carbocycles. The number of thioether (sulfide) groups is 1. The Kier molecular flexibility index (Phi) is 3.91. The quantitative estimate of drug-likeness (QED) is 0.891. The Bertz CT molecular complexity index is 590. The lowest BCUT2D eigenvalue weighted by Crippen LogP contribution is -2.42. The zero-order valence-corrected chi connectivity index (χ0v) is 12.6. The SMILES string of the molecule is CN1[C@@H](C(=O)O)CC[C@@H]1[C@@H]1CSC(c2ccccc2O)=N1. The van der Waals surface area contributed by atoms with Gasteiger partial charge in [0.1, 0.15) is 16.8 Å². The lowest BCUT2D eigenvalue weighted by molar-refractivity contribution is -0.142. The van der Waals surface area contributed by atoms with Gasteiger partial charge in [-0.1, -0.05) is 12.1 Å². The Labute approximate surface area is 127 Å². The number of benzene rings is 1. The number of rotatable bonds is 3. The highest BCUT2D eigenvalue weighted by atomic mass is 32.2. The summed E-state index contributed by atoms with van der Waals surface area (Å²) < 4.78 is 0. The van der Waals surface area contributed by atoms with Crippen LogP contribution in [0.2, 0.25) is 0 Å². The third-order valence-electron chi connectivity index (χ3n) is 4.29. The summed E-state index contributed by atoms with van der Waals surface area (Å²) in [5, 5.41) is 20.0. The number of likely N-dealkylation sites (N-methyl/N-ethyl adjacent to an activating group) is 1. The van der Waals surface area contributed by atoms with E-state index in [0.717, 1.165) is 22.8 Å². The largest absolute Gasteiger partial charge is 0.507 e. The summed E-state index contributed by atoms with van der Waals surface area (Å²) in [6.45, 7) is 0. The van der Waals surface area contributed by atoms with E-state index in [9.17, 15) is 15.0 Å². The van der Waals surface area contributed by atoms with Crippen LogP contribution in [0.5, 0.6) is 5.75 Å². The van der Waals surface area contributed by atoms with Crippen molar-refractivity contribution in [3.63, 3.8) is 0 Å². The zero-order chi connectivity index (χ0) is 15.0. The molecular formula is C15H18N2O3S. The number of aliphatic carboxylic acids is 1.